The number of fused-ring (bicyclic) bond motifs is 4. The number of aromatic nitrogens is 2. The summed E-state index contributed by atoms with van der Waals surface area (Å²) in [6.07, 6.45) is 1.53. The van der Waals surface area contributed by atoms with Crippen LogP contribution in [-0.4, -0.2) is 38.4 Å². The van der Waals surface area contributed by atoms with E-state index in [1.54, 1.807) is 4.90 Å². The van der Waals surface area contributed by atoms with Crippen LogP contribution in [0.5, 0.6) is 0 Å². The second-order valence-corrected chi connectivity index (χ2v) is 4.05. The van der Waals surface area contributed by atoms with Gasteiger partial charge in [0.05, 0.1) is 25.0 Å². The van der Waals surface area contributed by atoms with Crippen LogP contribution < -0.4 is 5.73 Å². The van der Waals surface area contributed by atoms with Crippen LogP contribution in [-0.2, 0) is 10.8 Å². The zero-order chi connectivity index (χ0) is 12.2. The molecule has 1 unspecified atom stereocenters. The summed E-state index contributed by atoms with van der Waals surface area (Å²) in [6.45, 7) is 0.790. The van der Waals surface area contributed by atoms with Gasteiger partial charge in [0.15, 0.2) is 0 Å². The summed E-state index contributed by atoms with van der Waals surface area (Å²) in [6, 6.07) is -1.24. The van der Waals surface area contributed by atoms with Gasteiger partial charge in [0.25, 0.3) is 0 Å². The number of nitrogens with zero attached hydrogens (tertiary/aromatic N) is 4. The molecular weight excluding hydrogens is 246 g/mol. The molecule has 8 nitrogen and oxygen atoms in total. The van der Waals surface area contributed by atoms with Crippen molar-refractivity contribution in [2.45, 2.75) is 12.6 Å². The summed E-state index contributed by atoms with van der Waals surface area (Å²) in [5.74, 6) is 0. The molecule has 3 amide bonds. The van der Waals surface area contributed by atoms with Crippen molar-refractivity contribution in [3.05, 3.63) is 17.5 Å². The van der Waals surface area contributed by atoms with E-state index in [2.05, 4.69) is 18.0 Å². The van der Waals surface area contributed by atoms with E-state index in [-0.39, 0.29) is 12.1 Å². The standard InChI is InChI=1S/C8H9N5O3S/c9-7(14)12-5-2-11-3-6(4(5)1-10-12)13(16-17)8(11)15/h1,6,17H,2-3H2,(H2,9,14). The fourth-order valence-electron chi connectivity index (χ4n) is 2.28. The number of hydrogen-bond acceptors (Lipinski definition) is 5. The zero-order valence-electron chi connectivity index (χ0n) is 8.61. The number of carbonyl (C=O) groups is 2. The second kappa shape index (κ2) is 3.37. The van der Waals surface area contributed by atoms with Crippen molar-refractivity contribution in [3.63, 3.8) is 0 Å². The van der Waals surface area contributed by atoms with Gasteiger partial charge in [-0.3, -0.25) is 0 Å². The number of thiol groups is 1. The summed E-state index contributed by atoms with van der Waals surface area (Å²) < 4.78 is 5.85. The van der Waals surface area contributed by atoms with Crippen LogP contribution in [0.15, 0.2) is 6.20 Å². The molecule has 1 fully saturated rings. The molecule has 0 aliphatic carbocycles. The predicted octanol–water partition coefficient (Wildman–Crippen LogP) is -0.121. The van der Waals surface area contributed by atoms with Crippen molar-refractivity contribution in [3.8, 4) is 0 Å². The van der Waals surface area contributed by atoms with Gasteiger partial charge in [-0.05, 0) is 0 Å². The van der Waals surface area contributed by atoms with Gasteiger partial charge in [-0.2, -0.15) is 14.8 Å². The van der Waals surface area contributed by atoms with Gasteiger partial charge in [0, 0.05) is 18.5 Å². The largest absolute Gasteiger partial charge is 0.350 e. The van der Waals surface area contributed by atoms with E-state index < -0.39 is 6.03 Å². The minimum Gasteiger partial charge on any atom is -0.350 e. The third-order valence-corrected chi connectivity index (χ3v) is 3.21. The highest BCUT2D eigenvalue weighted by molar-refractivity contribution is 7.75. The minimum absolute atomic E-state index is 0.280. The summed E-state index contributed by atoms with van der Waals surface area (Å²) in [7, 11) is 0. The molecule has 2 aliphatic heterocycles. The molecule has 2 N–H and O–H groups in total. The fourth-order valence-corrected chi connectivity index (χ4v) is 2.46. The van der Waals surface area contributed by atoms with Crippen LogP contribution in [0.4, 0.5) is 9.59 Å². The Labute approximate surface area is 101 Å². The zero-order valence-corrected chi connectivity index (χ0v) is 9.50. The van der Waals surface area contributed by atoms with Gasteiger partial charge in [0.2, 0.25) is 0 Å². The first-order valence-corrected chi connectivity index (χ1v) is 5.26. The molecule has 0 spiro atoms. The highest BCUT2D eigenvalue weighted by Crippen LogP contribution is 2.37. The van der Waals surface area contributed by atoms with Crippen LogP contribution in [0.2, 0.25) is 0 Å². The Morgan fingerprint density at radius 3 is 3.06 bits per heavy atom. The topological polar surface area (TPSA) is 93.7 Å². The Kier molecular flexibility index (Phi) is 2.07. The first kappa shape index (κ1) is 10.4. The Morgan fingerprint density at radius 1 is 1.65 bits per heavy atom. The lowest BCUT2D eigenvalue weighted by atomic mass is 10.1. The molecule has 1 saturated heterocycles. The Balaban J connectivity index is 2.09. The number of primary amides is 1. The van der Waals surface area contributed by atoms with E-state index in [1.165, 1.54) is 6.20 Å². The summed E-state index contributed by atoms with van der Waals surface area (Å²) in [5.41, 5.74) is 6.58. The highest BCUT2D eigenvalue weighted by Gasteiger charge is 2.45. The number of nitrogens with two attached hydrogens (primary N) is 1. The molecule has 90 valence electrons. The van der Waals surface area contributed by atoms with Crippen LogP contribution in [0.25, 0.3) is 0 Å². The maximum atomic E-state index is 11.8. The number of hydrogen-bond donors (Lipinski definition) is 2. The molecule has 0 radical (unpaired) electrons. The van der Waals surface area contributed by atoms with Crippen LogP contribution in [0.1, 0.15) is 17.3 Å². The second-order valence-electron chi connectivity index (χ2n) is 3.88. The lowest BCUT2D eigenvalue weighted by Gasteiger charge is -2.21. The molecule has 1 atom stereocenters. The van der Waals surface area contributed by atoms with Crippen LogP contribution in [0, 0.1) is 0 Å². The van der Waals surface area contributed by atoms with Crippen molar-refractivity contribution >= 4 is 25.0 Å². The van der Waals surface area contributed by atoms with Gasteiger partial charge in [-0.15, -0.1) is 0 Å². The first-order valence-electron chi connectivity index (χ1n) is 4.89. The summed E-state index contributed by atoms with van der Waals surface area (Å²) in [4.78, 5) is 24.5. The Morgan fingerprint density at radius 2 is 2.41 bits per heavy atom. The van der Waals surface area contributed by atoms with Crippen molar-refractivity contribution in [2.75, 3.05) is 6.54 Å². The quantitative estimate of drug-likeness (QED) is 0.540. The number of urea groups is 1. The summed E-state index contributed by atoms with van der Waals surface area (Å²) in [5, 5.41) is 5.06. The van der Waals surface area contributed by atoms with Crippen molar-refractivity contribution in [1.82, 2.24) is 19.7 Å². The van der Waals surface area contributed by atoms with E-state index in [0.717, 1.165) is 15.3 Å². The molecule has 0 aromatic carbocycles. The minimum atomic E-state index is -0.667. The van der Waals surface area contributed by atoms with Crippen molar-refractivity contribution < 1.29 is 13.9 Å². The van der Waals surface area contributed by atoms with E-state index in [0.29, 0.717) is 18.8 Å². The van der Waals surface area contributed by atoms with Gasteiger partial charge < -0.3 is 10.6 Å². The lowest BCUT2D eigenvalue weighted by Crippen LogP contribution is -2.32. The molecule has 3 heterocycles. The lowest BCUT2D eigenvalue weighted by molar-refractivity contribution is -0.00365. The van der Waals surface area contributed by atoms with Crippen LogP contribution >= 0.6 is 12.9 Å². The average molecular weight is 255 g/mol. The van der Waals surface area contributed by atoms with Gasteiger partial charge >= 0.3 is 12.1 Å². The van der Waals surface area contributed by atoms with Crippen molar-refractivity contribution in [2.24, 2.45) is 5.73 Å². The maximum absolute atomic E-state index is 11.8. The van der Waals surface area contributed by atoms with E-state index in [1.807, 2.05) is 0 Å². The normalized spacial score (nSPS) is 21.9. The molecule has 2 aliphatic rings. The monoisotopic (exact) mass is 255 g/mol. The molecule has 17 heavy (non-hydrogen) atoms. The first-order chi connectivity index (χ1) is 8.13. The highest BCUT2D eigenvalue weighted by atomic mass is 32.1. The molecule has 9 heteroatoms. The summed E-state index contributed by atoms with van der Waals surface area (Å²) >= 11 is 3.66. The van der Waals surface area contributed by atoms with Gasteiger partial charge in [0.1, 0.15) is 6.04 Å². The molecule has 0 saturated carbocycles. The third kappa shape index (κ3) is 1.26. The SMILES string of the molecule is NC(=O)n1ncc2c1CN1CC2N(OS)C1=O. The van der Waals surface area contributed by atoms with Gasteiger partial charge in [-0.25, -0.2) is 13.9 Å². The third-order valence-electron chi connectivity index (χ3n) is 3.03. The Hall–Kier alpha value is -1.74. The molecule has 1 aromatic heterocycles. The van der Waals surface area contributed by atoms with E-state index >= 15 is 0 Å². The smallest absolute Gasteiger partial charge is 0.345 e. The van der Waals surface area contributed by atoms with E-state index in [9.17, 15) is 9.59 Å². The molecule has 2 bridgehead atoms. The fraction of sp³-hybridized carbons (Fsp3) is 0.375. The van der Waals surface area contributed by atoms with Crippen molar-refractivity contribution in [1.29, 1.82) is 0 Å². The van der Waals surface area contributed by atoms with Crippen LogP contribution in [0.3, 0.4) is 0 Å². The van der Waals surface area contributed by atoms with Gasteiger partial charge in [-0.1, -0.05) is 0 Å². The molecule has 1 aromatic rings. The number of hydroxylamine groups is 2. The Bertz CT molecular complexity index is 515. The number of rotatable bonds is 1. The average Bonchev–Trinajstić information content (AvgIpc) is 2.82. The predicted molar refractivity (Wildman–Crippen MR) is 57.7 cm³/mol. The maximum Gasteiger partial charge on any atom is 0.345 e. The van der Waals surface area contributed by atoms with E-state index in [4.69, 9.17) is 10.0 Å². The number of amides is 3. The molecule has 3 rings (SSSR count). The molecular formula is C8H9N5O3S. The number of carbonyl (C=O) groups excluding carboxylic acids is 2.